The first-order valence-electron chi connectivity index (χ1n) is 10.0. The molecule has 6 heteroatoms. The van der Waals surface area contributed by atoms with E-state index >= 15 is 0 Å². The van der Waals surface area contributed by atoms with Gasteiger partial charge in [-0.15, -0.1) is 10.2 Å². The lowest BCUT2D eigenvalue weighted by Gasteiger charge is -2.44. The molecule has 6 nitrogen and oxygen atoms in total. The molecular formula is C20H30N6. The number of nitrogens with one attached hydrogen (secondary N) is 1. The van der Waals surface area contributed by atoms with Crippen LogP contribution in [0.25, 0.3) is 5.65 Å². The van der Waals surface area contributed by atoms with Crippen LogP contribution < -0.4 is 5.32 Å². The number of guanidine groups is 1. The third kappa shape index (κ3) is 3.55. The molecule has 140 valence electrons. The highest BCUT2D eigenvalue weighted by Crippen LogP contribution is 2.42. The molecular weight excluding hydrogens is 324 g/mol. The summed E-state index contributed by atoms with van der Waals surface area (Å²) in [4.78, 5) is 7.04. The average Bonchev–Trinajstić information content (AvgIpc) is 2.96. The van der Waals surface area contributed by atoms with Crippen LogP contribution in [0.1, 0.15) is 57.2 Å². The number of piperidine rings is 1. The molecule has 0 radical (unpaired) electrons. The lowest BCUT2D eigenvalue weighted by Crippen LogP contribution is -2.50. The number of nitrogens with zero attached hydrogens (tertiary/aromatic N) is 5. The van der Waals surface area contributed by atoms with E-state index in [1.54, 1.807) is 0 Å². The Morgan fingerprint density at radius 1 is 1.12 bits per heavy atom. The monoisotopic (exact) mass is 354 g/mol. The lowest BCUT2D eigenvalue weighted by molar-refractivity contribution is 0.115. The molecule has 0 atom stereocenters. The molecule has 26 heavy (non-hydrogen) atoms. The van der Waals surface area contributed by atoms with Crippen molar-refractivity contribution in [3.05, 3.63) is 30.2 Å². The van der Waals surface area contributed by atoms with Gasteiger partial charge in [-0.1, -0.05) is 31.7 Å². The summed E-state index contributed by atoms with van der Waals surface area (Å²) < 4.78 is 2.03. The van der Waals surface area contributed by atoms with E-state index in [2.05, 4.69) is 25.4 Å². The Kier molecular flexibility index (Phi) is 5.09. The number of fused-ring (bicyclic) bond motifs is 1. The van der Waals surface area contributed by atoms with Crippen LogP contribution >= 0.6 is 0 Å². The summed E-state index contributed by atoms with van der Waals surface area (Å²) in [6, 6.07) is 5.97. The minimum absolute atomic E-state index is 0.508. The molecule has 0 bridgehead atoms. The number of hydrogen-bond donors (Lipinski definition) is 1. The van der Waals surface area contributed by atoms with Gasteiger partial charge in [-0.3, -0.25) is 9.39 Å². The number of likely N-dealkylation sites (tertiary alicyclic amines) is 1. The topological polar surface area (TPSA) is 57.8 Å². The summed E-state index contributed by atoms with van der Waals surface area (Å²) in [5, 5.41) is 12.1. The van der Waals surface area contributed by atoms with E-state index in [9.17, 15) is 0 Å². The summed E-state index contributed by atoms with van der Waals surface area (Å²) in [5.41, 5.74) is 1.39. The highest BCUT2D eigenvalue weighted by Gasteiger charge is 2.36. The van der Waals surface area contributed by atoms with Crippen molar-refractivity contribution in [3.8, 4) is 0 Å². The fourth-order valence-electron chi connectivity index (χ4n) is 4.78. The van der Waals surface area contributed by atoms with Crippen LogP contribution in [0.3, 0.4) is 0 Å². The molecule has 2 fully saturated rings. The summed E-state index contributed by atoms with van der Waals surface area (Å²) >= 11 is 0. The average molecular weight is 355 g/mol. The smallest absolute Gasteiger partial charge is 0.194 e. The first kappa shape index (κ1) is 17.3. The highest BCUT2D eigenvalue weighted by molar-refractivity contribution is 5.80. The molecule has 1 aliphatic heterocycles. The molecule has 1 saturated heterocycles. The zero-order chi connectivity index (χ0) is 17.8. The van der Waals surface area contributed by atoms with Crippen molar-refractivity contribution in [2.24, 2.45) is 10.4 Å². The number of aromatic nitrogens is 3. The van der Waals surface area contributed by atoms with Gasteiger partial charge in [-0.25, -0.2) is 0 Å². The summed E-state index contributed by atoms with van der Waals surface area (Å²) in [7, 11) is 1.89. The molecule has 1 saturated carbocycles. The SMILES string of the molecule is CN=C(NCc1nnc2ccccn12)N1CCCC2(CCCCCC2)C1. The van der Waals surface area contributed by atoms with Gasteiger partial charge in [0.15, 0.2) is 17.4 Å². The Labute approximate surface area is 155 Å². The highest BCUT2D eigenvalue weighted by atomic mass is 15.3. The van der Waals surface area contributed by atoms with Gasteiger partial charge in [-0.05, 0) is 43.2 Å². The van der Waals surface area contributed by atoms with Gasteiger partial charge in [0.25, 0.3) is 0 Å². The number of pyridine rings is 1. The molecule has 2 aromatic heterocycles. The summed E-state index contributed by atoms with van der Waals surface area (Å²) in [6.45, 7) is 2.89. The second kappa shape index (κ2) is 7.64. The Morgan fingerprint density at radius 3 is 2.73 bits per heavy atom. The fourth-order valence-corrected chi connectivity index (χ4v) is 4.78. The molecule has 1 aliphatic carbocycles. The first-order valence-corrected chi connectivity index (χ1v) is 10.0. The summed E-state index contributed by atoms with van der Waals surface area (Å²) in [5.74, 6) is 1.92. The minimum Gasteiger partial charge on any atom is -0.349 e. The maximum Gasteiger partial charge on any atom is 0.194 e. The van der Waals surface area contributed by atoms with Crippen molar-refractivity contribution in [1.82, 2.24) is 24.8 Å². The van der Waals surface area contributed by atoms with Crippen molar-refractivity contribution in [2.45, 2.75) is 57.9 Å². The van der Waals surface area contributed by atoms with Crippen LogP contribution in [-0.2, 0) is 6.54 Å². The van der Waals surface area contributed by atoms with Crippen LogP contribution in [0.5, 0.6) is 0 Å². The van der Waals surface area contributed by atoms with Crippen molar-refractivity contribution in [1.29, 1.82) is 0 Å². The van der Waals surface area contributed by atoms with Crippen LogP contribution in [0.4, 0.5) is 0 Å². The van der Waals surface area contributed by atoms with E-state index < -0.39 is 0 Å². The predicted molar refractivity (Wildman–Crippen MR) is 104 cm³/mol. The number of hydrogen-bond acceptors (Lipinski definition) is 3. The van der Waals surface area contributed by atoms with Crippen molar-refractivity contribution >= 4 is 11.6 Å². The van der Waals surface area contributed by atoms with Crippen LogP contribution in [-0.4, -0.2) is 45.6 Å². The quantitative estimate of drug-likeness (QED) is 0.664. The minimum atomic E-state index is 0.508. The van der Waals surface area contributed by atoms with Gasteiger partial charge < -0.3 is 10.2 Å². The Bertz CT molecular complexity index is 757. The Morgan fingerprint density at radius 2 is 1.92 bits per heavy atom. The maximum atomic E-state index is 4.57. The molecule has 0 amide bonds. The molecule has 1 N–H and O–H groups in total. The van der Waals surface area contributed by atoms with Crippen molar-refractivity contribution < 1.29 is 0 Å². The van der Waals surface area contributed by atoms with Gasteiger partial charge in [0.2, 0.25) is 0 Å². The van der Waals surface area contributed by atoms with Crippen LogP contribution in [0, 0.1) is 5.41 Å². The lowest BCUT2D eigenvalue weighted by atomic mass is 9.74. The third-order valence-corrected chi connectivity index (χ3v) is 6.13. The Balaban J connectivity index is 1.43. The first-order chi connectivity index (χ1) is 12.8. The van der Waals surface area contributed by atoms with E-state index in [0.717, 1.165) is 30.5 Å². The normalized spacial score (nSPS) is 21.1. The molecule has 3 heterocycles. The summed E-state index contributed by atoms with van der Waals surface area (Å²) in [6.07, 6.45) is 13.0. The van der Waals surface area contributed by atoms with Crippen LogP contribution in [0.2, 0.25) is 0 Å². The van der Waals surface area contributed by atoms with Gasteiger partial charge in [0.05, 0.1) is 6.54 Å². The van der Waals surface area contributed by atoms with Crippen LogP contribution in [0.15, 0.2) is 29.4 Å². The second-order valence-electron chi connectivity index (χ2n) is 7.89. The molecule has 0 unspecified atom stereocenters. The molecule has 4 rings (SSSR count). The molecule has 2 aliphatic rings. The Hall–Kier alpha value is -2.11. The molecule has 0 aromatic carbocycles. The zero-order valence-corrected chi connectivity index (χ0v) is 15.8. The maximum absolute atomic E-state index is 4.57. The molecule has 2 aromatic rings. The fraction of sp³-hybridized carbons (Fsp3) is 0.650. The zero-order valence-electron chi connectivity index (χ0n) is 15.8. The van der Waals surface area contributed by atoms with Gasteiger partial charge in [0, 0.05) is 26.3 Å². The van der Waals surface area contributed by atoms with E-state index in [-0.39, 0.29) is 0 Å². The van der Waals surface area contributed by atoms with Gasteiger partial charge in [-0.2, -0.15) is 0 Å². The number of rotatable bonds is 2. The van der Waals surface area contributed by atoms with E-state index in [1.165, 1.54) is 51.4 Å². The number of aliphatic imine (C=N–C) groups is 1. The largest absolute Gasteiger partial charge is 0.349 e. The van der Waals surface area contributed by atoms with E-state index in [1.807, 2.05) is 35.8 Å². The van der Waals surface area contributed by atoms with Gasteiger partial charge in [0.1, 0.15) is 0 Å². The van der Waals surface area contributed by atoms with Gasteiger partial charge >= 0.3 is 0 Å². The predicted octanol–water partition coefficient (Wildman–Crippen LogP) is 3.24. The third-order valence-electron chi connectivity index (χ3n) is 6.13. The standard InChI is InChI=1S/C20H30N6/c1-21-19(22-15-18-24-23-17-9-4-7-14-26(17)18)25-13-8-12-20(16-25)10-5-2-3-6-11-20/h4,7,9,14H,2-3,5-6,8,10-13,15-16H2,1H3,(H,21,22). The van der Waals surface area contributed by atoms with Crippen molar-refractivity contribution in [3.63, 3.8) is 0 Å². The van der Waals surface area contributed by atoms with Crippen molar-refractivity contribution in [2.75, 3.05) is 20.1 Å². The van der Waals surface area contributed by atoms with E-state index in [4.69, 9.17) is 0 Å². The van der Waals surface area contributed by atoms with E-state index in [0.29, 0.717) is 12.0 Å². The second-order valence-corrected chi connectivity index (χ2v) is 7.89. The molecule has 1 spiro atoms.